The predicted molar refractivity (Wildman–Crippen MR) is 63.7 cm³/mol. The quantitative estimate of drug-likeness (QED) is 0.741. The molecule has 3 nitrogen and oxygen atoms in total. The summed E-state index contributed by atoms with van der Waals surface area (Å²) in [5.41, 5.74) is 1.37. The summed E-state index contributed by atoms with van der Waals surface area (Å²) >= 11 is 0. The van der Waals surface area contributed by atoms with Crippen molar-refractivity contribution < 1.29 is 9.18 Å². The van der Waals surface area contributed by atoms with E-state index >= 15 is 0 Å². The van der Waals surface area contributed by atoms with Gasteiger partial charge in [-0.05, 0) is 24.6 Å². The van der Waals surface area contributed by atoms with Crippen LogP contribution in [0.1, 0.15) is 11.1 Å². The summed E-state index contributed by atoms with van der Waals surface area (Å²) < 4.78 is 15.1. The number of pyridine rings is 1. The highest BCUT2D eigenvalue weighted by atomic mass is 19.1. The number of hydrogen-bond acceptors (Lipinski definition) is 2. The number of nitrogens with zero attached hydrogens (tertiary/aromatic N) is 1. The van der Waals surface area contributed by atoms with Crippen molar-refractivity contribution in [1.82, 2.24) is 4.57 Å². The SMILES string of the molecule is Cc1cc(=O)n(C)c2c(CC=O)c(F)ccc12. The molecular formula is C13H12FNO2. The molecule has 4 heteroatoms. The average molecular weight is 233 g/mol. The Kier molecular flexibility index (Phi) is 2.79. The van der Waals surface area contributed by atoms with Gasteiger partial charge in [0.05, 0.1) is 5.52 Å². The van der Waals surface area contributed by atoms with E-state index in [2.05, 4.69) is 0 Å². The van der Waals surface area contributed by atoms with Gasteiger partial charge in [-0.2, -0.15) is 0 Å². The minimum absolute atomic E-state index is 0.0279. The number of carbonyl (C=O) groups excluding carboxylic acids is 1. The third-order valence-electron chi connectivity index (χ3n) is 2.94. The minimum atomic E-state index is -0.454. The van der Waals surface area contributed by atoms with E-state index in [1.807, 2.05) is 0 Å². The van der Waals surface area contributed by atoms with Crippen LogP contribution in [0.4, 0.5) is 4.39 Å². The van der Waals surface area contributed by atoms with Crippen LogP contribution >= 0.6 is 0 Å². The predicted octanol–water partition coefficient (Wildman–Crippen LogP) is 1.73. The number of rotatable bonds is 2. The molecule has 0 aliphatic heterocycles. The maximum absolute atomic E-state index is 13.7. The van der Waals surface area contributed by atoms with Gasteiger partial charge in [-0.15, -0.1) is 0 Å². The standard InChI is InChI=1S/C13H12FNO2/c1-8-7-12(17)15(2)13-9(8)3-4-11(14)10(13)5-6-16/h3-4,6-7H,5H2,1-2H3. The highest BCUT2D eigenvalue weighted by Gasteiger charge is 2.12. The van der Waals surface area contributed by atoms with Gasteiger partial charge in [0, 0.05) is 30.5 Å². The summed E-state index contributed by atoms with van der Waals surface area (Å²) in [6.07, 6.45) is 0.616. The first kappa shape index (κ1) is 11.5. The molecule has 0 aliphatic carbocycles. The summed E-state index contributed by atoms with van der Waals surface area (Å²) in [6, 6.07) is 4.47. The van der Waals surface area contributed by atoms with Crippen molar-refractivity contribution in [3.05, 3.63) is 45.5 Å². The molecule has 0 saturated carbocycles. The van der Waals surface area contributed by atoms with Gasteiger partial charge in [0.2, 0.25) is 0 Å². The van der Waals surface area contributed by atoms with Crippen molar-refractivity contribution in [1.29, 1.82) is 0 Å². The van der Waals surface area contributed by atoms with Crippen LogP contribution in [0.2, 0.25) is 0 Å². The van der Waals surface area contributed by atoms with Crippen molar-refractivity contribution in [3.63, 3.8) is 0 Å². The lowest BCUT2D eigenvalue weighted by atomic mass is 10.0. The van der Waals surface area contributed by atoms with Crippen LogP contribution in [0.25, 0.3) is 10.9 Å². The summed E-state index contributed by atoms with van der Waals surface area (Å²) in [5, 5.41) is 0.797. The van der Waals surface area contributed by atoms with Gasteiger partial charge in [0.25, 0.3) is 5.56 Å². The van der Waals surface area contributed by atoms with Crippen molar-refractivity contribution in [2.75, 3.05) is 0 Å². The molecule has 2 aromatic rings. The zero-order valence-corrected chi connectivity index (χ0v) is 9.66. The molecule has 88 valence electrons. The normalized spacial score (nSPS) is 10.8. The van der Waals surface area contributed by atoms with Gasteiger partial charge < -0.3 is 9.36 Å². The summed E-state index contributed by atoms with van der Waals surface area (Å²) in [6.45, 7) is 1.80. The molecule has 0 aliphatic rings. The van der Waals surface area contributed by atoms with Gasteiger partial charge >= 0.3 is 0 Å². The highest BCUT2D eigenvalue weighted by Crippen LogP contribution is 2.22. The van der Waals surface area contributed by atoms with Gasteiger partial charge in [0.1, 0.15) is 12.1 Å². The number of halogens is 1. The maximum atomic E-state index is 13.7. The van der Waals surface area contributed by atoms with E-state index < -0.39 is 5.82 Å². The molecule has 0 saturated heterocycles. The van der Waals surface area contributed by atoms with E-state index in [1.54, 1.807) is 20.0 Å². The van der Waals surface area contributed by atoms with E-state index in [9.17, 15) is 14.0 Å². The Morgan fingerprint density at radius 1 is 1.41 bits per heavy atom. The molecule has 0 radical (unpaired) electrons. The van der Waals surface area contributed by atoms with Crippen LogP contribution in [-0.4, -0.2) is 10.9 Å². The summed E-state index contributed by atoms with van der Waals surface area (Å²) in [5.74, 6) is -0.454. The molecule has 0 N–H and O–H groups in total. The molecule has 2 rings (SSSR count). The van der Waals surface area contributed by atoms with E-state index in [-0.39, 0.29) is 17.5 Å². The number of fused-ring (bicyclic) bond motifs is 1. The molecule has 0 bridgehead atoms. The van der Waals surface area contributed by atoms with Crippen LogP contribution in [-0.2, 0) is 18.3 Å². The van der Waals surface area contributed by atoms with Gasteiger partial charge in [-0.25, -0.2) is 4.39 Å². The average Bonchev–Trinajstić information content (AvgIpc) is 2.29. The van der Waals surface area contributed by atoms with Gasteiger partial charge in [-0.3, -0.25) is 4.79 Å². The van der Waals surface area contributed by atoms with Gasteiger partial charge in [0.15, 0.2) is 0 Å². The van der Waals surface area contributed by atoms with Crippen LogP contribution in [0, 0.1) is 12.7 Å². The maximum Gasteiger partial charge on any atom is 0.251 e. The molecule has 1 aromatic carbocycles. The Hall–Kier alpha value is -1.97. The van der Waals surface area contributed by atoms with Crippen LogP contribution < -0.4 is 5.56 Å². The third-order valence-corrected chi connectivity index (χ3v) is 2.94. The molecule has 0 atom stereocenters. The number of aryl methyl sites for hydroxylation is 2. The van der Waals surface area contributed by atoms with Crippen molar-refractivity contribution in [3.8, 4) is 0 Å². The van der Waals surface area contributed by atoms with Crippen LogP contribution in [0.15, 0.2) is 23.0 Å². The second-order valence-corrected chi connectivity index (χ2v) is 4.02. The zero-order chi connectivity index (χ0) is 12.6. The smallest absolute Gasteiger partial charge is 0.251 e. The minimum Gasteiger partial charge on any atom is -0.311 e. The molecule has 0 fully saturated rings. The van der Waals surface area contributed by atoms with Crippen molar-refractivity contribution >= 4 is 17.2 Å². The number of aromatic nitrogens is 1. The third kappa shape index (κ3) is 1.75. The van der Waals surface area contributed by atoms with E-state index in [0.717, 1.165) is 10.9 Å². The lowest BCUT2D eigenvalue weighted by Crippen LogP contribution is -2.18. The fourth-order valence-corrected chi connectivity index (χ4v) is 2.06. The number of benzene rings is 1. The Morgan fingerprint density at radius 3 is 2.76 bits per heavy atom. The monoisotopic (exact) mass is 233 g/mol. The topological polar surface area (TPSA) is 39.1 Å². The highest BCUT2D eigenvalue weighted by molar-refractivity contribution is 5.87. The second kappa shape index (κ2) is 4.13. The first-order valence-corrected chi connectivity index (χ1v) is 5.27. The summed E-state index contributed by atoms with van der Waals surface area (Å²) in [7, 11) is 1.58. The fourth-order valence-electron chi connectivity index (χ4n) is 2.06. The summed E-state index contributed by atoms with van der Waals surface area (Å²) in [4.78, 5) is 22.3. The Balaban J connectivity index is 3.01. The van der Waals surface area contributed by atoms with E-state index in [4.69, 9.17) is 0 Å². The largest absolute Gasteiger partial charge is 0.311 e. The molecule has 0 unspecified atom stereocenters. The first-order valence-electron chi connectivity index (χ1n) is 5.27. The van der Waals surface area contributed by atoms with Crippen LogP contribution in [0.3, 0.4) is 0 Å². The van der Waals surface area contributed by atoms with E-state index in [0.29, 0.717) is 11.8 Å². The molecule has 17 heavy (non-hydrogen) atoms. The molecule has 0 amide bonds. The Morgan fingerprint density at radius 2 is 2.12 bits per heavy atom. The fraction of sp³-hybridized carbons (Fsp3) is 0.231. The molecule has 1 heterocycles. The lowest BCUT2D eigenvalue weighted by Gasteiger charge is -2.11. The van der Waals surface area contributed by atoms with Crippen molar-refractivity contribution in [2.24, 2.45) is 7.05 Å². The molecule has 1 aromatic heterocycles. The van der Waals surface area contributed by atoms with Crippen molar-refractivity contribution in [2.45, 2.75) is 13.3 Å². The molecular weight excluding hydrogens is 221 g/mol. The Labute approximate surface area is 97.5 Å². The molecule has 0 spiro atoms. The van der Waals surface area contributed by atoms with Gasteiger partial charge in [-0.1, -0.05) is 0 Å². The second-order valence-electron chi connectivity index (χ2n) is 4.02. The number of aldehydes is 1. The number of hydrogen-bond donors (Lipinski definition) is 0. The Bertz CT molecular complexity index is 658. The first-order chi connectivity index (χ1) is 8.06. The van der Waals surface area contributed by atoms with Crippen LogP contribution in [0.5, 0.6) is 0 Å². The zero-order valence-electron chi connectivity index (χ0n) is 9.66. The lowest BCUT2D eigenvalue weighted by molar-refractivity contribution is -0.107. The number of carbonyl (C=O) groups is 1. The van der Waals surface area contributed by atoms with E-state index in [1.165, 1.54) is 16.7 Å².